The van der Waals surface area contributed by atoms with Crippen LogP contribution in [-0.2, 0) is 4.74 Å². The van der Waals surface area contributed by atoms with Crippen molar-refractivity contribution in [2.75, 3.05) is 32.8 Å². The molecule has 5 nitrogen and oxygen atoms in total. The fourth-order valence-electron chi connectivity index (χ4n) is 3.49. The molecule has 0 aromatic heterocycles. The van der Waals surface area contributed by atoms with Gasteiger partial charge in [-0.3, -0.25) is 4.99 Å². The number of ether oxygens (including phenoxy) is 1. The van der Waals surface area contributed by atoms with Crippen molar-refractivity contribution in [2.45, 2.75) is 78.0 Å². The molecule has 0 amide bonds. The fraction of sp³-hybridized carbons (Fsp3) is 0.947. The Morgan fingerprint density at radius 2 is 1.88 bits per heavy atom. The van der Waals surface area contributed by atoms with Crippen molar-refractivity contribution >= 4 is 5.96 Å². The van der Waals surface area contributed by atoms with Crippen LogP contribution in [0.4, 0.5) is 0 Å². The lowest BCUT2D eigenvalue weighted by molar-refractivity contribution is 0.0266. The van der Waals surface area contributed by atoms with E-state index in [9.17, 15) is 0 Å². The number of piperidine rings is 1. The maximum absolute atomic E-state index is 5.82. The number of aliphatic imine (C=N–C) groups is 1. The predicted octanol–water partition coefficient (Wildman–Crippen LogP) is 2.62. The van der Waals surface area contributed by atoms with Crippen LogP contribution in [0.2, 0.25) is 0 Å². The molecule has 24 heavy (non-hydrogen) atoms. The zero-order chi connectivity index (χ0) is 17.4. The summed E-state index contributed by atoms with van der Waals surface area (Å²) in [7, 11) is 0. The topological polar surface area (TPSA) is 48.9 Å². The maximum atomic E-state index is 5.82. The van der Waals surface area contributed by atoms with Crippen LogP contribution in [0.5, 0.6) is 0 Å². The van der Waals surface area contributed by atoms with E-state index < -0.39 is 0 Å². The average molecular weight is 339 g/mol. The number of rotatable bonds is 9. The standard InChI is InChI=1S/C19H38N4O/c1-5-20-19(21-12-9-18(15(3)4)24-6-2)22-16-10-13-23(14-11-16)17-7-8-17/h15-18H,5-14H2,1-4H3,(H2,20,21,22). The van der Waals surface area contributed by atoms with Gasteiger partial charge in [0.15, 0.2) is 5.96 Å². The highest BCUT2D eigenvalue weighted by atomic mass is 16.5. The van der Waals surface area contributed by atoms with Gasteiger partial charge < -0.3 is 20.3 Å². The van der Waals surface area contributed by atoms with Gasteiger partial charge in [-0.15, -0.1) is 0 Å². The van der Waals surface area contributed by atoms with Gasteiger partial charge in [0.05, 0.1) is 6.10 Å². The van der Waals surface area contributed by atoms with E-state index in [4.69, 9.17) is 9.73 Å². The summed E-state index contributed by atoms with van der Waals surface area (Å²) in [6, 6.07) is 1.46. The molecule has 2 aliphatic rings. The molecule has 0 spiro atoms. The van der Waals surface area contributed by atoms with Crippen molar-refractivity contribution in [1.29, 1.82) is 0 Å². The lowest BCUT2D eigenvalue weighted by atomic mass is 10.0. The smallest absolute Gasteiger partial charge is 0.191 e. The molecule has 5 heteroatoms. The van der Waals surface area contributed by atoms with E-state index in [0.29, 0.717) is 18.1 Å². The predicted molar refractivity (Wildman–Crippen MR) is 102 cm³/mol. The van der Waals surface area contributed by atoms with Crippen LogP contribution < -0.4 is 10.6 Å². The number of guanidine groups is 1. The normalized spacial score (nSPS) is 22.0. The Hall–Kier alpha value is -0.810. The van der Waals surface area contributed by atoms with Crippen LogP contribution in [-0.4, -0.2) is 61.8 Å². The summed E-state index contributed by atoms with van der Waals surface area (Å²) >= 11 is 0. The summed E-state index contributed by atoms with van der Waals surface area (Å²) in [6.45, 7) is 13.6. The third kappa shape index (κ3) is 6.60. The second kappa shape index (κ2) is 10.2. The average Bonchev–Trinajstić information content (AvgIpc) is 3.39. The van der Waals surface area contributed by atoms with Gasteiger partial charge in [0.1, 0.15) is 0 Å². The first-order chi connectivity index (χ1) is 11.6. The Morgan fingerprint density at radius 1 is 1.17 bits per heavy atom. The molecule has 1 saturated carbocycles. The summed E-state index contributed by atoms with van der Waals surface area (Å²) in [5, 5.41) is 7.04. The number of nitrogens with zero attached hydrogens (tertiary/aromatic N) is 2. The Labute approximate surface area is 148 Å². The molecular weight excluding hydrogens is 300 g/mol. The van der Waals surface area contributed by atoms with E-state index in [0.717, 1.165) is 38.1 Å². The van der Waals surface area contributed by atoms with Gasteiger partial charge >= 0.3 is 0 Å². The SMILES string of the molecule is CCNC(=NCCC(OCC)C(C)C)NC1CCN(C2CC2)CC1. The van der Waals surface area contributed by atoms with E-state index in [-0.39, 0.29) is 0 Å². The van der Waals surface area contributed by atoms with E-state index in [1.54, 1.807) is 0 Å². The molecule has 0 aromatic rings. The number of nitrogens with one attached hydrogen (secondary N) is 2. The van der Waals surface area contributed by atoms with Crippen LogP contribution in [0.3, 0.4) is 0 Å². The molecular formula is C19H38N4O. The Bertz CT molecular complexity index is 374. The molecule has 1 unspecified atom stereocenters. The van der Waals surface area contributed by atoms with Crippen LogP contribution in [0.25, 0.3) is 0 Å². The van der Waals surface area contributed by atoms with Crippen molar-refractivity contribution < 1.29 is 4.74 Å². The Kier molecular flexibility index (Phi) is 8.33. The fourth-order valence-corrected chi connectivity index (χ4v) is 3.49. The van der Waals surface area contributed by atoms with Crippen molar-refractivity contribution in [3.05, 3.63) is 0 Å². The molecule has 0 bridgehead atoms. The molecule has 1 aliphatic heterocycles. The van der Waals surface area contributed by atoms with E-state index in [1.165, 1.54) is 38.8 Å². The van der Waals surface area contributed by atoms with Gasteiger partial charge in [-0.1, -0.05) is 13.8 Å². The first-order valence-electron chi connectivity index (χ1n) is 10.0. The van der Waals surface area contributed by atoms with Gasteiger partial charge in [0.25, 0.3) is 0 Å². The van der Waals surface area contributed by atoms with Gasteiger partial charge in [-0.05, 0) is 51.9 Å². The first kappa shape index (κ1) is 19.5. The van der Waals surface area contributed by atoms with Crippen LogP contribution >= 0.6 is 0 Å². The highest BCUT2D eigenvalue weighted by molar-refractivity contribution is 5.80. The molecule has 2 N–H and O–H groups in total. The lowest BCUT2D eigenvalue weighted by Gasteiger charge is -2.33. The van der Waals surface area contributed by atoms with Gasteiger partial charge in [0.2, 0.25) is 0 Å². The summed E-state index contributed by atoms with van der Waals surface area (Å²) < 4.78 is 5.82. The molecule has 140 valence electrons. The van der Waals surface area contributed by atoms with Crippen molar-refractivity contribution in [3.63, 3.8) is 0 Å². The zero-order valence-electron chi connectivity index (χ0n) is 16.2. The van der Waals surface area contributed by atoms with Crippen molar-refractivity contribution in [2.24, 2.45) is 10.9 Å². The number of hydrogen-bond acceptors (Lipinski definition) is 3. The monoisotopic (exact) mass is 338 g/mol. The van der Waals surface area contributed by atoms with Gasteiger partial charge in [-0.2, -0.15) is 0 Å². The molecule has 1 heterocycles. The molecule has 0 radical (unpaired) electrons. The third-order valence-electron chi connectivity index (χ3n) is 5.09. The van der Waals surface area contributed by atoms with Crippen molar-refractivity contribution in [1.82, 2.24) is 15.5 Å². The lowest BCUT2D eigenvalue weighted by Crippen LogP contribution is -2.49. The van der Waals surface area contributed by atoms with Crippen LogP contribution in [0.15, 0.2) is 4.99 Å². The Balaban J connectivity index is 1.75. The summed E-state index contributed by atoms with van der Waals surface area (Å²) in [4.78, 5) is 7.44. The van der Waals surface area contributed by atoms with E-state index >= 15 is 0 Å². The maximum Gasteiger partial charge on any atom is 0.191 e. The quantitative estimate of drug-likeness (QED) is 0.501. The van der Waals surface area contributed by atoms with E-state index in [1.807, 2.05) is 0 Å². The minimum atomic E-state index is 0.309. The van der Waals surface area contributed by atoms with Crippen LogP contribution in [0, 0.1) is 5.92 Å². The second-order valence-corrected chi connectivity index (χ2v) is 7.47. The largest absolute Gasteiger partial charge is 0.378 e. The zero-order valence-corrected chi connectivity index (χ0v) is 16.2. The first-order valence-corrected chi connectivity index (χ1v) is 10.0. The minimum Gasteiger partial charge on any atom is -0.378 e. The summed E-state index contributed by atoms with van der Waals surface area (Å²) in [5.41, 5.74) is 0. The van der Waals surface area contributed by atoms with E-state index in [2.05, 4.69) is 43.2 Å². The van der Waals surface area contributed by atoms with Gasteiger partial charge in [-0.25, -0.2) is 0 Å². The summed E-state index contributed by atoms with van der Waals surface area (Å²) in [5.74, 6) is 1.52. The third-order valence-corrected chi connectivity index (χ3v) is 5.09. The number of hydrogen-bond donors (Lipinski definition) is 2. The Morgan fingerprint density at radius 3 is 2.42 bits per heavy atom. The molecule has 1 atom stereocenters. The molecule has 2 fully saturated rings. The van der Waals surface area contributed by atoms with Crippen LogP contribution in [0.1, 0.15) is 59.8 Å². The highest BCUT2D eigenvalue weighted by Crippen LogP contribution is 2.29. The minimum absolute atomic E-state index is 0.309. The molecule has 0 aromatic carbocycles. The second-order valence-electron chi connectivity index (χ2n) is 7.47. The van der Waals surface area contributed by atoms with Crippen molar-refractivity contribution in [3.8, 4) is 0 Å². The molecule has 2 rings (SSSR count). The highest BCUT2D eigenvalue weighted by Gasteiger charge is 2.31. The van der Waals surface area contributed by atoms with Gasteiger partial charge in [0, 0.05) is 44.9 Å². The number of likely N-dealkylation sites (tertiary alicyclic amines) is 1. The molecule has 1 saturated heterocycles. The molecule has 1 aliphatic carbocycles. The summed E-state index contributed by atoms with van der Waals surface area (Å²) in [6.07, 6.45) is 6.59.